The summed E-state index contributed by atoms with van der Waals surface area (Å²) < 4.78 is 3.82. The molecule has 0 aliphatic heterocycles. The van der Waals surface area contributed by atoms with Gasteiger partial charge in [-0.2, -0.15) is 5.10 Å². The van der Waals surface area contributed by atoms with E-state index in [1.807, 2.05) is 36.2 Å². The van der Waals surface area contributed by atoms with E-state index in [-0.39, 0.29) is 0 Å². The quantitative estimate of drug-likeness (QED) is 0.768. The molecule has 3 aromatic rings. The van der Waals surface area contributed by atoms with E-state index in [1.165, 1.54) is 0 Å². The van der Waals surface area contributed by atoms with Gasteiger partial charge < -0.3 is 5.32 Å². The summed E-state index contributed by atoms with van der Waals surface area (Å²) in [5, 5.41) is 7.16. The summed E-state index contributed by atoms with van der Waals surface area (Å²) in [6, 6.07) is 0. The van der Waals surface area contributed by atoms with Gasteiger partial charge in [-0.1, -0.05) is 6.58 Å². The first kappa shape index (κ1) is 11.5. The highest BCUT2D eigenvalue weighted by Gasteiger charge is 2.09. The van der Waals surface area contributed by atoms with Gasteiger partial charge in [0.05, 0.1) is 6.20 Å². The van der Waals surface area contributed by atoms with Crippen LogP contribution in [0.1, 0.15) is 11.3 Å². The van der Waals surface area contributed by atoms with Gasteiger partial charge in [0.2, 0.25) is 0 Å². The summed E-state index contributed by atoms with van der Waals surface area (Å²) in [4.78, 5) is 8.64. The van der Waals surface area contributed by atoms with Crippen LogP contribution in [-0.2, 0) is 13.5 Å². The van der Waals surface area contributed by atoms with Crippen LogP contribution in [0.2, 0.25) is 0 Å². The molecule has 0 spiro atoms. The molecule has 0 fully saturated rings. The summed E-state index contributed by atoms with van der Waals surface area (Å²) in [5.41, 5.74) is 3.04. The molecular formula is C13H14N6. The highest BCUT2D eigenvalue weighted by Crippen LogP contribution is 2.16. The predicted octanol–water partition coefficient (Wildman–Crippen LogP) is 1.61. The Bertz CT molecular complexity index is 724. The number of nitrogens with zero attached hydrogens (tertiary/aromatic N) is 5. The lowest BCUT2D eigenvalue weighted by atomic mass is 10.2. The molecule has 1 N–H and O–H groups in total. The Morgan fingerprint density at radius 3 is 3.00 bits per heavy atom. The second-order valence-corrected chi connectivity index (χ2v) is 4.27. The maximum Gasteiger partial charge on any atom is 0.180 e. The Balaban J connectivity index is 2.01. The molecule has 0 saturated heterocycles. The first-order valence-electron chi connectivity index (χ1n) is 5.94. The van der Waals surface area contributed by atoms with Crippen molar-refractivity contribution >= 4 is 11.5 Å². The van der Waals surface area contributed by atoms with Crippen molar-refractivity contribution in [3.05, 3.63) is 55.0 Å². The lowest BCUT2D eigenvalue weighted by Gasteiger charge is -2.03. The fourth-order valence-electron chi connectivity index (χ4n) is 2.07. The Morgan fingerprint density at radius 2 is 2.26 bits per heavy atom. The van der Waals surface area contributed by atoms with Gasteiger partial charge >= 0.3 is 0 Å². The first-order chi connectivity index (χ1) is 9.28. The monoisotopic (exact) mass is 254 g/mol. The molecule has 0 atom stereocenters. The molecule has 0 aliphatic rings. The van der Waals surface area contributed by atoms with Crippen molar-refractivity contribution in [3.8, 4) is 0 Å². The molecule has 0 amide bonds. The number of hydrogen-bond acceptors (Lipinski definition) is 4. The normalized spacial score (nSPS) is 10.8. The van der Waals surface area contributed by atoms with E-state index < -0.39 is 0 Å². The minimum absolute atomic E-state index is 0.704. The molecule has 0 bridgehead atoms. The van der Waals surface area contributed by atoms with E-state index in [1.54, 1.807) is 17.1 Å². The van der Waals surface area contributed by atoms with Gasteiger partial charge in [0.1, 0.15) is 0 Å². The van der Waals surface area contributed by atoms with Gasteiger partial charge in [-0.05, 0) is 11.8 Å². The van der Waals surface area contributed by atoms with Gasteiger partial charge in [-0.3, -0.25) is 9.08 Å². The van der Waals surface area contributed by atoms with Crippen molar-refractivity contribution in [1.82, 2.24) is 24.1 Å². The number of aromatic nitrogens is 5. The summed E-state index contributed by atoms with van der Waals surface area (Å²) in [6.07, 6.45) is 11.8. The Hall–Kier alpha value is -2.63. The van der Waals surface area contributed by atoms with Crippen LogP contribution in [0.15, 0.2) is 43.8 Å². The second kappa shape index (κ2) is 4.56. The van der Waals surface area contributed by atoms with E-state index in [0.717, 1.165) is 23.3 Å². The minimum Gasteiger partial charge on any atom is -0.344 e. The molecule has 3 rings (SSSR count). The smallest absolute Gasteiger partial charge is 0.180 e. The fourth-order valence-corrected chi connectivity index (χ4v) is 2.07. The molecule has 0 aliphatic carbocycles. The Labute approximate surface area is 110 Å². The molecule has 3 heterocycles. The third-order valence-corrected chi connectivity index (χ3v) is 2.89. The van der Waals surface area contributed by atoms with E-state index in [2.05, 4.69) is 27.0 Å². The number of nitrogens with one attached hydrogen (secondary N) is 1. The van der Waals surface area contributed by atoms with Gasteiger partial charge in [0.15, 0.2) is 11.5 Å². The maximum absolute atomic E-state index is 4.40. The number of imidazole rings is 1. The summed E-state index contributed by atoms with van der Waals surface area (Å²) in [6.45, 7) is 3.64. The zero-order valence-corrected chi connectivity index (χ0v) is 10.6. The highest BCUT2D eigenvalue weighted by atomic mass is 15.2. The maximum atomic E-state index is 4.40. The van der Waals surface area contributed by atoms with Crippen LogP contribution in [0.25, 0.3) is 5.65 Å². The van der Waals surface area contributed by atoms with Crippen LogP contribution < -0.4 is 5.32 Å². The summed E-state index contributed by atoms with van der Waals surface area (Å²) in [5.74, 6) is 0.704. The molecule has 3 aromatic heterocycles. The number of hydrogen-bond donors (Lipinski definition) is 1. The first-order valence-corrected chi connectivity index (χ1v) is 5.94. The van der Waals surface area contributed by atoms with Crippen molar-refractivity contribution in [1.29, 1.82) is 0 Å². The van der Waals surface area contributed by atoms with Crippen molar-refractivity contribution in [2.24, 2.45) is 7.05 Å². The third kappa shape index (κ3) is 2.08. The third-order valence-electron chi connectivity index (χ3n) is 2.89. The van der Waals surface area contributed by atoms with Gasteiger partial charge in [0.25, 0.3) is 0 Å². The number of rotatable bonds is 4. The van der Waals surface area contributed by atoms with Crippen LogP contribution in [0.5, 0.6) is 0 Å². The highest BCUT2D eigenvalue weighted by molar-refractivity contribution is 5.64. The zero-order valence-electron chi connectivity index (χ0n) is 10.6. The van der Waals surface area contributed by atoms with Crippen molar-refractivity contribution in [3.63, 3.8) is 0 Å². The van der Waals surface area contributed by atoms with Crippen molar-refractivity contribution in [2.45, 2.75) is 6.42 Å². The van der Waals surface area contributed by atoms with Crippen LogP contribution in [0, 0.1) is 0 Å². The van der Waals surface area contributed by atoms with Crippen LogP contribution in [0.3, 0.4) is 0 Å². The van der Waals surface area contributed by atoms with Crippen molar-refractivity contribution < 1.29 is 0 Å². The fraction of sp³-hybridized carbons (Fsp3) is 0.154. The Morgan fingerprint density at radius 1 is 1.37 bits per heavy atom. The van der Waals surface area contributed by atoms with Crippen molar-refractivity contribution in [2.75, 3.05) is 5.32 Å². The number of aryl methyl sites for hydroxylation is 1. The lowest BCUT2D eigenvalue weighted by molar-refractivity contribution is 0.767. The molecule has 0 aromatic carbocycles. The molecule has 6 heteroatoms. The molecule has 0 radical (unpaired) electrons. The molecule has 6 nitrogen and oxygen atoms in total. The molecule has 96 valence electrons. The van der Waals surface area contributed by atoms with E-state index in [0.29, 0.717) is 5.82 Å². The largest absolute Gasteiger partial charge is 0.344 e. The molecule has 19 heavy (non-hydrogen) atoms. The molecule has 0 unspecified atom stereocenters. The lowest BCUT2D eigenvalue weighted by Crippen LogP contribution is -1.98. The summed E-state index contributed by atoms with van der Waals surface area (Å²) in [7, 11) is 1.91. The number of anilines is 1. The SMILES string of the molecule is C=CNc1nccn2c(Cc3cnn(C)c3)cnc12. The molecular weight excluding hydrogens is 240 g/mol. The number of fused-ring (bicyclic) bond motifs is 1. The second-order valence-electron chi connectivity index (χ2n) is 4.27. The standard InChI is InChI=1S/C13H14N6/c1-3-14-12-13-16-8-11(19(13)5-4-15-12)6-10-7-17-18(2)9-10/h3-5,7-9H,1,6H2,2H3,(H,14,15). The Kier molecular flexibility index (Phi) is 2.75. The van der Waals surface area contributed by atoms with E-state index in [9.17, 15) is 0 Å². The van der Waals surface area contributed by atoms with Gasteiger partial charge in [-0.25, -0.2) is 9.97 Å². The topological polar surface area (TPSA) is 60.0 Å². The van der Waals surface area contributed by atoms with E-state index in [4.69, 9.17) is 0 Å². The van der Waals surface area contributed by atoms with Crippen LogP contribution in [-0.4, -0.2) is 24.1 Å². The molecule has 0 saturated carbocycles. The predicted molar refractivity (Wildman–Crippen MR) is 72.8 cm³/mol. The van der Waals surface area contributed by atoms with Gasteiger partial charge in [-0.15, -0.1) is 0 Å². The minimum atomic E-state index is 0.704. The van der Waals surface area contributed by atoms with Crippen LogP contribution in [0.4, 0.5) is 5.82 Å². The average Bonchev–Trinajstić information content (AvgIpc) is 2.99. The summed E-state index contributed by atoms with van der Waals surface area (Å²) >= 11 is 0. The average molecular weight is 254 g/mol. The van der Waals surface area contributed by atoms with E-state index >= 15 is 0 Å². The van der Waals surface area contributed by atoms with Crippen LogP contribution >= 0.6 is 0 Å². The van der Waals surface area contributed by atoms with Gasteiger partial charge in [0, 0.05) is 43.9 Å². The zero-order chi connectivity index (χ0) is 13.2.